The molecule has 0 aliphatic heterocycles. The zero-order valence-corrected chi connectivity index (χ0v) is 22.5. The van der Waals surface area contributed by atoms with Crippen molar-refractivity contribution in [3.05, 3.63) is 45.9 Å². The summed E-state index contributed by atoms with van der Waals surface area (Å²) in [6.45, 7) is 0. The molecule has 0 heterocycles. The van der Waals surface area contributed by atoms with Crippen LogP contribution in [-0.2, 0) is 52.0 Å². The minimum absolute atomic E-state index is 0.00164. The predicted molar refractivity (Wildman–Crippen MR) is 128 cm³/mol. The largest absolute Gasteiger partial charge is 0.495 e. The summed E-state index contributed by atoms with van der Waals surface area (Å²) in [4.78, 5) is 22.0. The molecule has 0 bridgehead atoms. The molecule has 0 radical (unpaired) electrons. The molecule has 12 nitrogen and oxygen atoms in total. The zero-order valence-electron chi connectivity index (χ0n) is 19.2. The van der Waals surface area contributed by atoms with E-state index >= 15 is 0 Å². The molecule has 0 aliphatic carbocycles. The Bertz CT molecular complexity index is 1300. The molecule has 0 unspecified atom stereocenters. The average Bonchev–Trinajstić information content (AvgIpc) is 2.78. The molecule has 2 rings (SSSR count). The summed E-state index contributed by atoms with van der Waals surface area (Å²) in [5, 5.41) is 10.1. The fraction of sp³-hybridized carbons (Fsp3) is 0.300. The summed E-state index contributed by atoms with van der Waals surface area (Å²) in [5.41, 5.74) is 1.13. The Balaban J connectivity index is 0.000000351. The lowest BCUT2D eigenvalue weighted by atomic mass is 10.1. The third-order valence-electron chi connectivity index (χ3n) is 4.31. The van der Waals surface area contributed by atoms with Crippen LogP contribution in [-0.4, -0.2) is 57.2 Å². The topological polar surface area (TPSA) is 191 Å². The van der Waals surface area contributed by atoms with E-state index in [4.69, 9.17) is 19.8 Å². The zero-order chi connectivity index (χ0) is 27.0. The second-order valence-corrected chi connectivity index (χ2v) is 10.6. The second-order valence-electron chi connectivity index (χ2n) is 6.68. The van der Waals surface area contributed by atoms with Crippen molar-refractivity contribution in [2.75, 3.05) is 28.4 Å². The van der Waals surface area contributed by atoms with Gasteiger partial charge in [-0.25, -0.2) is 27.1 Å². The Morgan fingerprint density at radius 3 is 1.71 bits per heavy atom. The quantitative estimate of drug-likeness (QED) is 0.413. The Hall–Kier alpha value is -2.72. The third-order valence-corrected chi connectivity index (χ3v) is 6.93. The molecule has 0 amide bonds. The molecule has 0 atom stereocenters. The maximum absolute atomic E-state index is 11.3. The number of rotatable bonds is 8. The van der Waals surface area contributed by atoms with Crippen molar-refractivity contribution in [1.29, 1.82) is 0 Å². The van der Waals surface area contributed by atoms with Gasteiger partial charge in [-0.1, -0.05) is 22.0 Å². The van der Waals surface area contributed by atoms with Gasteiger partial charge in [-0.3, -0.25) is 9.59 Å². The van der Waals surface area contributed by atoms with Crippen LogP contribution in [0.1, 0.15) is 11.1 Å². The first kappa shape index (κ1) is 30.3. The average molecular weight is 597 g/mol. The highest BCUT2D eigenvalue weighted by atomic mass is 79.9. The summed E-state index contributed by atoms with van der Waals surface area (Å²) < 4.78 is 64.4. The van der Waals surface area contributed by atoms with Gasteiger partial charge in [-0.05, 0) is 35.4 Å². The van der Waals surface area contributed by atoms with Gasteiger partial charge >= 0.3 is 11.9 Å². The first-order valence-corrected chi connectivity index (χ1v) is 13.3. The summed E-state index contributed by atoms with van der Waals surface area (Å²) in [5.74, 6) is -0.676. The van der Waals surface area contributed by atoms with E-state index in [0.29, 0.717) is 15.6 Å². The van der Waals surface area contributed by atoms with Gasteiger partial charge in [0, 0.05) is 4.47 Å². The van der Waals surface area contributed by atoms with Crippen molar-refractivity contribution in [2.24, 2.45) is 10.3 Å². The van der Waals surface area contributed by atoms with Gasteiger partial charge < -0.3 is 18.9 Å². The molecular weight excluding hydrogens is 572 g/mol. The number of nitrogens with two attached hydrogens (primary N) is 2. The normalized spacial score (nSPS) is 11.1. The first-order chi connectivity index (χ1) is 16.2. The number of benzene rings is 2. The van der Waals surface area contributed by atoms with Crippen molar-refractivity contribution in [3.63, 3.8) is 0 Å². The van der Waals surface area contributed by atoms with Crippen LogP contribution in [0.4, 0.5) is 0 Å². The number of ether oxygens (including phenoxy) is 4. The van der Waals surface area contributed by atoms with Crippen molar-refractivity contribution < 1.29 is 45.4 Å². The first-order valence-electron chi connectivity index (χ1n) is 9.40. The van der Waals surface area contributed by atoms with E-state index in [1.54, 1.807) is 0 Å². The van der Waals surface area contributed by atoms with Crippen LogP contribution in [0.25, 0.3) is 0 Å². The molecule has 35 heavy (non-hydrogen) atoms. The van der Waals surface area contributed by atoms with Gasteiger partial charge in [0.2, 0.25) is 20.0 Å². The maximum Gasteiger partial charge on any atom is 0.310 e. The summed E-state index contributed by atoms with van der Waals surface area (Å²) in [6, 6.07) is 6.95. The van der Waals surface area contributed by atoms with Crippen LogP contribution in [0, 0.1) is 0 Å². The molecule has 4 N–H and O–H groups in total. The van der Waals surface area contributed by atoms with Crippen LogP contribution in [0.5, 0.6) is 11.5 Å². The van der Waals surface area contributed by atoms with E-state index in [1.807, 2.05) is 0 Å². The van der Waals surface area contributed by atoms with Gasteiger partial charge in [0.25, 0.3) is 0 Å². The molecule has 15 heteroatoms. The van der Waals surface area contributed by atoms with E-state index in [0.717, 1.165) is 0 Å². The Morgan fingerprint density at radius 1 is 0.771 bits per heavy atom. The van der Waals surface area contributed by atoms with E-state index in [2.05, 4.69) is 25.4 Å². The van der Waals surface area contributed by atoms with Crippen molar-refractivity contribution >= 4 is 47.9 Å². The molecule has 2 aromatic rings. The number of methoxy groups -OCH3 is 4. The monoisotopic (exact) mass is 596 g/mol. The minimum atomic E-state index is -3.89. The third kappa shape index (κ3) is 9.10. The second kappa shape index (κ2) is 12.8. The Morgan fingerprint density at radius 2 is 1.26 bits per heavy atom. The van der Waals surface area contributed by atoms with Crippen molar-refractivity contribution in [2.45, 2.75) is 22.6 Å². The van der Waals surface area contributed by atoms with Crippen LogP contribution >= 0.6 is 15.9 Å². The Labute approximate surface area is 211 Å². The number of sulfonamides is 2. The van der Waals surface area contributed by atoms with Gasteiger partial charge in [0.15, 0.2) is 0 Å². The lowest BCUT2D eigenvalue weighted by Crippen LogP contribution is -2.14. The molecule has 0 fully saturated rings. The fourth-order valence-electron chi connectivity index (χ4n) is 2.62. The molecule has 194 valence electrons. The predicted octanol–water partition coefficient (Wildman–Crippen LogP) is 0.879. The SMILES string of the molecule is COC(=O)Cc1cc(OC)c(S(N)(=O)=O)cc1Br.COC(=O)Cc1ccc(S(N)(=O)=O)c(OC)c1. The smallest absolute Gasteiger partial charge is 0.310 e. The summed E-state index contributed by atoms with van der Waals surface area (Å²) in [6.07, 6.45) is 0.0378. The number of carbonyl (C=O) groups is 2. The summed E-state index contributed by atoms with van der Waals surface area (Å²) in [7, 11) is -2.54. The van der Waals surface area contributed by atoms with E-state index in [9.17, 15) is 26.4 Å². The standard InChI is InChI=1S/C10H12BrNO5S.C10H13NO5S/c1-16-8-3-6(4-10(13)17-2)7(11)5-9(8)18(12,14)15;1-15-8-5-7(6-10(12)16-2)3-4-9(8)17(11,13)14/h3,5H,4H2,1-2H3,(H2,12,14,15);3-5H,6H2,1-2H3,(H2,11,13,14). The van der Waals surface area contributed by atoms with Gasteiger partial charge in [0.1, 0.15) is 21.3 Å². The lowest BCUT2D eigenvalue weighted by Gasteiger charge is -2.10. The van der Waals surface area contributed by atoms with Gasteiger partial charge in [-0.15, -0.1) is 0 Å². The molecule has 2 aromatic carbocycles. The minimum Gasteiger partial charge on any atom is -0.495 e. The fourth-order valence-corrected chi connectivity index (χ4v) is 4.64. The molecule has 0 saturated carbocycles. The molecular formula is C20H25BrN2O10S2. The number of carbonyl (C=O) groups excluding carboxylic acids is 2. The van der Waals surface area contributed by atoms with Crippen LogP contribution < -0.4 is 19.8 Å². The number of hydrogen-bond acceptors (Lipinski definition) is 10. The molecule has 0 aliphatic rings. The van der Waals surface area contributed by atoms with E-state index in [1.165, 1.54) is 58.8 Å². The molecule has 0 saturated heterocycles. The van der Waals surface area contributed by atoms with E-state index < -0.39 is 32.0 Å². The van der Waals surface area contributed by atoms with Crippen LogP contribution in [0.15, 0.2) is 44.6 Å². The number of esters is 2. The highest BCUT2D eigenvalue weighted by Crippen LogP contribution is 2.30. The highest BCUT2D eigenvalue weighted by molar-refractivity contribution is 9.10. The lowest BCUT2D eigenvalue weighted by molar-refractivity contribution is -0.140. The van der Waals surface area contributed by atoms with Crippen molar-refractivity contribution in [3.8, 4) is 11.5 Å². The Kier molecular flexibility index (Phi) is 11.1. The van der Waals surface area contributed by atoms with E-state index in [-0.39, 0.29) is 34.1 Å². The number of hydrogen-bond donors (Lipinski definition) is 2. The van der Waals surface area contributed by atoms with Crippen LogP contribution in [0.2, 0.25) is 0 Å². The van der Waals surface area contributed by atoms with Gasteiger partial charge in [-0.2, -0.15) is 0 Å². The highest BCUT2D eigenvalue weighted by Gasteiger charge is 2.19. The summed E-state index contributed by atoms with van der Waals surface area (Å²) >= 11 is 3.18. The molecule has 0 spiro atoms. The molecule has 0 aromatic heterocycles. The van der Waals surface area contributed by atoms with Gasteiger partial charge in [0.05, 0.1) is 41.3 Å². The maximum atomic E-state index is 11.3. The van der Waals surface area contributed by atoms with Crippen LogP contribution in [0.3, 0.4) is 0 Å². The van der Waals surface area contributed by atoms with Crippen molar-refractivity contribution in [1.82, 2.24) is 0 Å². The number of primary sulfonamides is 2. The number of halogens is 1.